The van der Waals surface area contributed by atoms with E-state index in [9.17, 15) is 0 Å². The first-order valence-electron chi connectivity index (χ1n) is 4.47. The molecule has 1 aromatic rings. The zero-order valence-corrected chi connectivity index (χ0v) is 9.89. The summed E-state index contributed by atoms with van der Waals surface area (Å²) in [5.41, 5.74) is 7.72. The van der Waals surface area contributed by atoms with Gasteiger partial charge in [-0.15, -0.1) is 23.1 Å². The smallest absolute Gasteiger partial charge is 0.104 e. The van der Waals surface area contributed by atoms with Gasteiger partial charge in [0.1, 0.15) is 11.1 Å². The number of nitrogens with two attached hydrogens (primary N) is 1. The van der Waals surface area contributed by atoms with Gasteiger partial charge in [-0.05, 0) is 12.0 Å². The van der Waals surface area contributed by atoms with Crippen LogP contribution in [0.3, 0.4) is 0 Å². The molecule has 4 heteroatoms. The highest BCUT2D eigenvalue weighted by molar-refractivity contribution is 8.00. The van der Waals surface area contributed by atoms with Crippen LogP contribution in [-0.2, 0) is 12.2 Å². The van der Waals surface area contributed by atoms with E-state index >= 15 is 0 Å². The maximum absolute atomic E-state index is 9.00. The van der Waals surface area contributed by atoms with Gasteiger partial charge in [-0.2, -0.15) is 5.26 Å². The molecule has 0 unspecified atom stereocenters. The quantitative estimate of drug-likeness (QED) is 0.737. The molecule has 1 aliphatic heterocycles. The van der Waals surface area contributed by atoms with Crippen LogP contribution in [0.5, 0.6) is 0 Å². The van der Waals surface area contributed by atoms with Crippen molar-refractivity contribution in [2.24, 2.45) is 0 Å². The first kappa shape index (κ1) is 9.88. The number of thioether (sulfide) groups is 1. The van der Waals surface area contributed by atoms with Crippen LogP contribution in [0, 0.1) is 11.3 Å². The van der Waals surface area contributed by atoms with Crippen molar-refractivity contribution in [1.82, 2.24) is 0 Å². The lowest BCUT2D eigenvalue weighted by Gasteiger charge is -2.28. The molecule has 0 bridgehead atoms. The van der Waals surface area contributed by atoms with E-state index in [-0.39, 0.29) is 4.75 Å². The summed E-state index contributed by atoms with van der Waals surface area (Å²) in [5.74, 6) is 0.999. The van der Waals surface area contributed by atoms with Crippen molar-refractivity contribution < 1.29 is 0 Å². The van der Waals surface area contributed by atoms with Crippen molar-refractivity contribution in [3.05, 3.63) is 16.0 Å². The molecule has 0 spiro atoms. The standard InChI is InChI=1S/C10H12N2S2/c1-10(2)3-6-7(4-11)9(12)14-8(6)5-13-10/h3,5,12H2,1-2H3. The molecular formula is C10H12N2S2. The largest absolute Gasteiger partial charge is 0.389 e. The summed E-state index contributed by atoms with van der Waals surface area (Å²) < 4.78 is 0.242. The van der Waals surface area contributed by atoms with Crippen LogP contribution in [0.25, 0.3) is 0 Å². The van der Waals surface area contributed by atoms with Crippen LogP contribution in [0.2, 0.25) is 0 Å². The van der Waals surface area contributed by atoms with Crippen LogP contribution in [0.4, 0.5) is 5.00 Å². The summed E-state index contributed by atoms with van der Waals surface area (Å²) in [6, 6.07) is 2.22. The fourth-order valence-corrected chi connectivity index (χ4v) is 3.89. The second kappa shape index (κ2) is 3.18. The van der Waals surface area contributed by atoms with E-state index in [0.29, 0.717) is 5.00 Å². The molecule has 1 aromatic heterocycles. The fraction of sp³-hybridized carbons (Fsp3) is 0.500. The van der Waals surface area contributed by atoms with Crippen LogP contribution >= 0.6 is 23.1 Å². The van der Waals surface area contributed by atoms with E-state index in [1.54, 1.807) is 11.3 Å². The summed E-state index contributed by atoms with van der Waals surface area (Å²) in [6.45, 7) is 4.44. The Balaban J connectivity index is 2.50. The van der Waals surface area contributed by atoms with E-state index in [1.807, 2.05) is 11.8 Å². The lowest BCUT2D eigenvalue weighted by atomic mass is 9.98. The van der Waals surface area contributed by atoms with Gasteiger partial charge in [0.25, 0.3) is 0 Å². The van der Waals surface area contributed by atoms with Gasteiger partial charge in [-0.25, -0.2) is 0 Å². The maximum Gasteiger partial charge on any atom is 0.104 e. The van der Waals surface area contributed by atoms with Crippen LogP contribution < -0.4 is 5.73 Å². The number of nitrogen functional groups attached to an aromatic ring is 1. The first-order valence-corrected chi connectivity index (χ1v) is 6.28. The molecule has 0 atom stereocenters. The molecule has 0 saturated carbocycles. The Morgan fingerprint density at radius 3 is 2.86 bits per heavy atom. The SMILES string of the molecule is CC1(C)Cc2c(sc(N)c2C#N)CS1. The molecule has 0 saturated heterocycles. The minimum atomic E-state index is 0.242. The van der Waals surface area contributed by atoms with Crippen molar-refractivity contribution in [2.75, 3.05) is 5.73 Å². The Kier molecular flexibility index (Phi) is 2.24. The predicted molar refractivity (Wildman–Crippen MR) is 62.5 cm³/mol. The van der Waals surface area contributed by atoms with Gasteiger partial charge in [0, 0.05) is 15.4 Å². The second-order valence-corrected chi connectivity index (χ2v) is 6.90. The van der Waals surface area contributed by atoms with Gasteiger partial charge in [0.2, 0.25) is 0 Å². The molecule has 2 rings (SSSR count). The third kappa shape index (κ3) is 1.51. The number of thiophene rings is 1. The average Bonchev–Trinajstić information content (AvgIpc) is 2.39. The van der Waals surface area contributed by atoms with E-state index in [0.717, 1.165) is 17.7 Å². The summed E-state index contributed by atoms with van der Waals surface area (Å²) >= 11 is 3.52. The van der Waals surface area contributed by atoms with Gasteiger partial charge < -0.3 is 5.73 Å². The Bertz CT molecular complexity index is 412. The van der Waals surface area contributed by atoms with Gasteiger partial charge >= 0.3 is 0 Å². The number of nitrogens with zero attached hydrogens (tertiary/aromatic N) is 1. The predicted octanol–water partition coefficient (Wildman–Crippen LogP) is 2.77. The van der Waals surface area contributed by atoms with Gasteiger partial charge in [-0.1, -0.05) is 13.8 Å². The number of anilines is 1. The highest BCUT2D eigenvalue weighted by atomic mass is 32.2. The van der Waals surface area contributed by atoms with E-state index in [2.05, 4.69) is 19.9 Å². The number of hydrogen-bond acceptors (Lipinski definition) is 4. The minimum Gasteiger partial charge on any atom is -0.389 e. The molecule has 74 valence electrons. The molecule has 0 aliphatic carbocycles. The number of fused-ring (bicyclic) bond motifs is 1. The molecule has 2 heterocycles. The van der Waals surface area contributed by atoms with E-state index in [1.165, 1.54) is 10.4 Å². The summed E-state index contributed by atoms with van der Waals surface area (Å²) in [5, 5.41) is 9.69. The highest BCUT2D eigenvalue weighted by Gasteiger charge is 2.30. The zero-order chi connectivity index (χ0) is 10.3. The zero-order valence-electron chi connectivity index (χ0n) is 8.26. The van der Waals surface area contributed by atoms with Crippen LogP contribution in [0.15, 0.2) is 0 Å². The molecule has 0 radical (unpaired) electrons. The van der Waals surface area contributed by atoms with E-state index in [4.69, 9.17) is 11.0 Å². The minimum absolute atomic E-state index is 0.242. The Morgan fingerprint density at radius 2 is 2.21 bits per heavy atom. The first-order chi connectivity index (χ1) is 6.53. The van der Waals surface area contributed by atoms with Crippen molar-refractivity contribution in [3.63, 3.8) is 0 Å². The molecule has 0 aromatic carbocycles. The van der Waals surface area contributed by atoms with Crippen molar-refractivity contribution >= 4 is 28.1 Å². The second-order valence-electron chi connectivity index (χ2n) is 4.08. The summed E-state index contributed by atoms with van der Waals surface area (Å²) in [7, 11) is 0. The summed E-state index contributed by atoms with van der Waals surface area (Å²) in [4.78, 5) is 1.29. The lowest BCUT2D eigenvalue weighted by molar-refractivity contribution is 0.696. The Hall–Kier alpha value is -0.660. The fourth-order valence-electron chi connectivity index (χ4n) is 1.70. The van der Waals surface area contributed by atoms with Crippen LogP contribution in [0.1, 0.15) is 29.9 Å². The number of rotatable bonds is 0. The molecule has 0 fully saturated rings. The monoisotopic (exact) mass is 224 g/mol. The van der Waals surface area contributed by atoms with E-state index < -0.39 is 0 Å². The third-order valence-electron chi connectivity index (χ3n) is 2.43. The third-order valence-corrected chi connectivity index (χ3v) is 5.03. The normalized spacial score (nSPS) is 18.6. The molecular weight excluding hydrogens is 212 g/mol. The van der Waals surface area contributed by atoms with Gasteiger partial charge in [-0.3, -0.25) is 0 Å². The number of nitriles is 1. The average molecular weight is 224 g/mol. The Labute approximate surface area is 92.1 Å². The highest BCUT2D eigenvalue weighted by Crippen LogP contribution is 2.44. The van der Waals surface area contributed by atoms with Crippen molar-refractivity contribution in [3.8, 4) is 6.07 Å². The molecule has 0 amide bonds. The van der Waals surface area contributed by atoms with Crippen molar-refractivity contribution in [1.29, 1.82) is 5.26 Å². The molecule has 1 aliphatic rings. The lowest BCUT2D eigenvalue weighted by Crippen LogP contribution is -2.23. The Morgan fingerprint density at radius 1 is 1.50 bits per heavy atom. The molecule has 2 N–H and O–H groups in total. The topological polar surface area (TPSA) is 49.8 Å². The van der Waals surface area contributed by atoms with Gasteiger partial charge in [0.05, 0.1) is 5.56 Å². The number of hydrogen-bond donors (Lipinski definition) is 1. The maximum atomic E-state index is 9.00. The summed E-state index contributed by atoms with van der Waals surface area (Å²) in [6.07, 6.45) is 0.962. The van der Waals surface area contributed by atoms with Gasteiger partial charge in [0.15, 0.2) is 0 Å². The van der Waals surface area contributed by atoms with Crippen LogP contribution in [-0.4, -0.2) is 4.75 Å². The molecule has 14 heavy (non-hydrogen) atoms. The molecule has 2 nitrogen and oxygen atoms in total. The van der Waals surface area contributed by atoms with Crippen molar-refractivity contribution in [2.45, 2.75) is 30.8 Å².